The van der Waals surface area contributed by atoms with Crippen molar-refractivity contribution >= 4 is 5.78 Å². The van der Waals surface area contributed by atoms with E-state index in [1.54, 1.807) is 49.2 Å². The minimum atomic E-state index is -0.172. The van der Waals surface area contributed by atoms with Crippen LogP contribution in [0.25, 0.3) is 0 Å². The zero-order valence-electron chi connectivity index (χ0n) is 10.8. The monoisotopic (exact) mass is 255 g/mol. The van der Waals surface area contributed by atoms with Gasteiger partial charge in [-0.3, -0.25) is 4.79 Å². The van der Waals surface area contributed by atoms with Gasteiger partial charge in [-0.05, 0) is 24.3 Å². The van der Waals surface area contributed by atoms with Crippen molar-refractivity contribution in [1.82, 2.24) is 9.55 Å². The first-order valence-corrected chi connectivity index (χ1v) is 5.73. The highest BCUT2D eigenvalue weighted by Gasteiger charge is 2.16. The van der Waals surface area contributed by atoms with Crippen LogP contribution in [0.1, 0.15) is 21.9 Å². The molecule has 0 saturated carbocycles. The second-order valence-corrected chi connectivity index (χ2v) is 4.02. The van der Waals surface area contributed by atoms with E-state index in [1.807, 2.05) is 6.07 Å². The van der Waals surface area contributed by atoms with Crippen molar-refractivity contribution in [3.8, 4) is 11.8 Å². The molecular weight excluding hydrogens is 242 g/mol. The lowest BCUT2D eigenvalue weighted by Crippen LogP contribution is -2.10. The Balaban J connectivity index is 2.31. The molecule has 2 aromatic rings. The van der Waals surface area contributed by atoms with Crippen molar-refractivity contribution in [3.63, 3.8) is 0 Å². The number of hydrogen-bond acceptors (Lipinski definition) is 4. The van der Waals surface area contributed by atoms with E-state index in [2.05, 4.69) is 4.98 Å². The molecule has 0 radical (unpaired) electrons. The summed E-state index contributed by atoms with van der Waals surface area (Å²) in [5.74, 6) is 0.853. The number of carbonyl (C=O) groups excluding carboxylic acids is 1. The van der Waals surface area contributed by atoms with E-state index in [0.29, 0.717) is 17.1 Å². The number of benzene rings is 1. The number of carbonyl (C=O) groups is 1. The Morgan fingerprint density at radius 1 is 1.42 bits per heavy atom. The van der Waals surface area contributed by atoms with Crippen LogP contribution in [0.5, 0.6) is 5.75 Å². The maximum Gasteiger partial charge on any atom is 0.228 e. The molecule has 1 aromatic heterocycles. The minimum absolute atomic E-state index is 0.172. The predicted octanol–water partition coefficient (Wildman–Crippen LogP) is 1.73. The number of nitriles is 1. The van der Waals surface area contributed by atoms with Crippen LogP contribution >= 0.6 is 0 Å². The lowest BCUT2D eigenvalue weighted by Gasteiger charge is -2.04. The number of hydrogen-bond donors (Lipinski definition) is 0. The van der Waals surface area contributed by atoms with E-state index in [1.165, 1.54) is 0 Å². The molecule has 0 atom stereocenters. The van der Waals surface area contributed by atoms with Gasteiger partial charge in [0.1, 0.15) is 5.75 Å². The van der Waals surface area contributed by atoms with Gasteiger partial charge >= 0.3 is 0 Å². The van der Waals surface area contributed by atoms with Crippen LogP contribution in [0.15, 0.2) is 30.5 Å². The zero-order chi connectivity index (χ0) is 13.8. The van der Waals surface area contributed by atoms with Crippen LogP contribution in [0.2, 0.25) is 0 Å². The van der Waals surface area contributed by atoms with E-state index in [0.717, 1.165) is 5.69 Å². The Morgan fingerprint density at radius 2 is 2.11 bits per heavy atom. The van der Waals surface area contributed by atoms with Gasteiger partial charge in [0.15, 0.2) is 5.82 Å². The summed E-state index contributed by atoms with van der Waals surface area (Å²) in [7, 11) is 3.31. The van der Waals surface area contributed by atoms with Gasteiger partial charge in [0, 0.05) is 12.6 Å². The van der Waals surface area contributed by atoms with Crippen molar-refractivity contribution < 1.29 is 9.53 Å². The van der Waals surface area contributed by atoms with Crippen LogP contribution in [0.3, 0.4) is 0 Å². The maximum atomic E-state index is 12.3. The molecule has 2 rings (SSSR count). The average molecular weight is 255 g/mol. The third kappa shape index (κ3) is 2.47. The highest BCUT2D eigenvalue weighted by atomic mass is 16.5. The fourth-order valence-corrected chi connectivity index (χ4v) is 1.77. The zero-order valence-corrected chi connectivity index (χ0v) is 10.8. The van der Waals surface area contributed by atoms with Crippen LogP contribution < -0.4 is 4.74 Å². The number of aromatic nitrogens is 2. The minimum Gasteiger partial charge on any atom is -0.497 e. The Labute approximate surface area is 111 Å². The van der Waals surface area contributed by atoms with E-state index in [-0.39, 0.29) is 12.2 Å². The first-order valence-electron chi connectivity index (χ1n) is 5.73. The number of nitrogens with zero attached hydrogens (tertiary/aromatic N) is 3. The Bertz CT molecular complexity index is 636. The fraction of sp³-hybridized carbons (Fsp3) is 0.214. The van der Waals surface area contributed by atoms with Crippen LogP contribution in [0.4, 0.5) is 0 Å². The molecule has 0 aliphatic rings. The molecule has 1 heterocycles. The van der Waals surface area contributed by atoms with Crippen LogP contribution in [0, 0.1) is 11.3 Å². The summed E-state index contributed by atoms with van der Waals surface area (Å²) in [5, 5.41) is 8.68. The molecule has 96 valence electrons. The van der Waals surface area contributed by atoms with E-state index >= 15 is 0 Å². The van der Waals surface area contributed by atoms with Crippen LogP contribution in [-0.4, -0.2) is 22.4 Å². The fourth-order valence-electron chi connectivity index (χ4n) is 1.77. The molecule has 0 spiro atoms. The summed E-state index contributed by atoms with van der Waals surface area (Å²) < 4.78 is 6.69. The SMILES string of the molecule is COc1ccc(C(=O)c2ncc(CC#N)n2C)cc1. The number of methoxy groups -OCH3 is 1. The lowest BCUT2D eigenvalue weighted by molar-refractivity contribution is 0.102. The Morgan fingerprint density at radius 3 is 2.68 bits per heavy atom. The third-order valence-electron chi connectivity index (χ3n) is 2.90. The molecule has 0 N–H and O–H groups in total. The quantitative estimate of drug-likeness (QED) is 0.780. The molecule has 0 bridgehead atoms. The van der Waals surface area contributed by atoms with Gasteiger partial charge in [-0.1, -0.05) is 0 Å². The molecule has 1 aromatic carbocycles. The summed E-state index contributed by atoms with van der Waals surface area (Å²) in [6.07, 6.45) is 1.79. The lowest BCUT2D eigenvalue weighted by atomic mass is 10.1. The normalized spacial score (nSPS) is 9.95. The number of ether oxygens (including phenoxy) is 1. The van der Waals surface area contributed by atoms with Gasteiger partial charge < -0.3 is 9.30 Å². The molecule has 0 aliphatic heterocycles. The van der Waals surface area contributed by atoms with Gasteiger partial charge in [-0.25, -0.2) is 4.98 Å². The van der Waals surface area contributed by atoms with Gasteiger partial charge in [-0.15, -0.1) is 0 Å². The van der Waals surface area contributed by atoms with Gasteiger partial charge in [-0.2, -0.15) is 5.26 Å². The molecule has 5 nitrogen and oxygen atoms in total. The standard InChI is InChI=1S/C14H13N3O2/c1-17-11(7-8-15)9-16-14(17)13(18)10-3-5-12(19-2)6-4-10/h3-6,9H,7H2,1-2H3. The average Bonchev–Trinajstić information content (AvgIpc) is 2.80. The smallest absolute Gasteiger partial charge is 0.228 e. The van der Waals surface area contributed by atoms with Crippen molar-refractivity contribution in [1.29, 1.82) is 5.26 Å². The summed E-state index contributed by atoms with van der Waals surface area (Å²) in [4.78, 5) is 16.4. The predicted molar refractivity (Wildman–Crippen MR) is 69.0 cm³/mol. The number of rotatable bonds is 4. The van der Waals surface area contributed by atoms with Crippen LogP contribution in [-0.2, 0) is 13.5 Å². The first-order chi connectivity index (χ1) is 9.17. The molecule has 0 fully saturated rings. The molecule has 0 unspecified atom stereocenters. The van der Waals surface area contributed by atoms with Crippen molar-refractivity contribution in [2.45, 2.75) is 6.42 Å². The van der Waals surface area contributed by atoms with E-state index in [4.69, 9.17) is 10.00 Å². The topological polar surface area (TPSA) is 67.9 Å². The summed E-state index contributed by atoms with van der Waals surface area (Å²) in [6, 6.07) is 8.89. The highest BCUT2D eigenvalue weighted by Crippen LogP contribution is 2.15. The van der Waals surface area contributed by atoms with Crippen molar-refractivity contribution in [2.75, 3.05) is 7.11 Å². The summed E-state index contributed by atoms with van der Waals surface area (Å²) in [5.41, 5.74) is 1.26. The second kappa shape index (κ2) is 5.36. The number of ketones is 1. The molecule has 0 saturated heterocycles. The Kier molecular flexibility index (Phi) is 3.62. The molecule has 19 heavy (non-hydrogen) atoms. The van der Waals surface area contributed by atoms with Crippen molar-refractivity contribution in [2.24, 2.45) is 7.05 Å². The van der Waals surface area contributed by atoms with E-state index < -0.39 is 0 Å². The maximum absolute atomic E-state index is 12.3. The largest absolute Gasteiger partial charge is 0.497 e. The van der Waals surface area contributed by atoms with Gasteiger partial charge in [0.25, 0.3) is 0 Å². The van der Waals surface area contributed by atoms with Gasteiger partial charge in [0.2, 0.25) is 5.78 Å². The second-order valence-electron chi connectivity index (χ2n) is 4.02. The Hall–Kier alpha value is -2.61. The molecular formula is C14H13N3O2. The number of imidazole rings is 1. The third-order valence-corrected chi connectivity index (χ3v) is 2.90. The highest BCUT2D eigenvalue weighted by molar-refractivity contribution is 6.06. The summed E-state index contributed by atoms with van der Waals surface area (Å²) in [6.45, 7) is 0. The first kappa shape index (κ1) is 12.8. The van der Waals surface area contributed by atoms with Gasteiger partial charge in [0.05, 0.1) is 31.5 Å². The molecule has 5 heteroatoms. The summed E-state index contributed by atoms with van der Waals surface area (Å²) >= 11 is 0. The van der Waals surface area contributed by atoms with Crippen molar-refractivity contribution in [3.05, 3.63) is 47.5 Å². The van der Waals surface area contributed by atoms with E-state index in [9.17, 15) is 4.79 Å². The molecule has 0 aliphatic carbocycles. The molecule has 0 amide bonds.